The third kappa shape index (κ3) is 2.98. The Labute approximate surface area is 116 Å². The second-order valence-electron chi connectivity index (χ2n) is 6.14. The van der Waals surface area contributed by atoms with E-state index in [9.17, 15) is 0 Å². The Morgan fingerprint density at radius 1 is 1.05 bits per heavy atom. The first-order valence-electron chi connectivity index (χ1n) is 7.56. The first-order valence-corrected chi connectivity index (χ1v) is 7.56. The molecule has 2 nitrogen and oxygen atoms in total. The van der Waals surface area contributed by atoms with E-state index in [1.54, 1.807) is 0 Å². The Kier molecular flexibility index (Phi) is 3.84. The van der Waals surface area contributed by atoms with Gasteiger partial charge < -0.3 is 0 Å². The second-order valence-corrected chi connectivity index (χ2v) is 6.14. The van der Waals surface area contributed by atoms with Gasteiger partial charge in [0.1, 0.15) is 0 Å². The SMILES string of the molecule is N#Cc1ccc(CN2CCC3CCCCC3C2)cc1. The largest absolute Gasteiger partial charge is 0.299 e. The van der Waals surface area contributed by atoms with Crippen LogP contribution >= 0.6 is 0 Å². The number of nitriles is 1. The molecule has 1 saturated heterocycles. The van der Waals surface area contributed by atoms with E-state index < -0.39 is 0 Å². The fourth-order valence-corrected chi connectivity index (χ4v) is 3.76. The van der Waals surface area contributed by atoms with Crippen LogP contribution in [0.15, 0.2) is 24.3 Å². The maximum Gasteiger partial charge on any atom is 0.0991 e. The summed E-state index contributed by atoms with van der Waals surface area (Å²) in [4.78, 5) is 2.61. The van der Waals surface area contributed by atoms with Crippen molar-refractivity contribution in [3.05, 3.63) is 35.4 Å². The van der Waals surface area contributed by atoms with Gasteiger partial charge in [0, 0.05) is 13.1 Å². The Hall–Kier alpha value is -1.33. The number of benzene rings is 1. The van der Waals surface area contributed by atoms with Crippen LogP contribution in [0.2, 0.25) is 0 Å². The van der Waals surface area contributed by atoms with Gasteiger partial charge in [0.05, 0.1) is 11.6 Å². The maximum atomic E-state index is 8.82. The van der Waals surface area contributed by atoms with Gasteiger partial charge in [-0.25, -0.2) is 0 Å². The maximum absolute atomic E-state index is 8.82. The molecule has 3 rings (SSSR count). The summed E-state index contributed by atoms with van der Waals surface area (Å²) in [6.45, 7) is 3.58. The van der Waals surface area contributed by atoms with E-state index in [0.717, 1.165) is 23.9 Å². The lowest BCUT2D eigenvalue weighted by Crippen LogP contribution is -2.41. The van der Waals surface area contributed by atoms with E-state index >= 15 is 0 Å². The van der Waals surface area contributed by atoms with Crippen LogP contribution in [0, 0.1) is 23.2 Å². The van der Waals surface area contributed by atoms with Crippen molar-refractivity contribution in [3.8, 4) is 6.07 Å². The van der Waals surface area contributed by atoms with Gasteiger partial charge in [-0.2, -0.15) is 5.26 Å². The highest BCUT2D eigenvalue weighted by Gasteiger charge is 2.30. The molecule has 0 amide bonds. The Bertz CT molecular complexity index is 457. The molecular weight excluding hydrogens is 232 g/mol. The van der Waals surface area contributed by atoms with Crippen molar-refractivity contribution in [2.24, 2.45) is 11.8 Å². The van der Waals surface area contributed by atoms with E-state index in [1.165, 1.54) is 50.8 Å². The fourth-order valence-electron chi connectivity index (χ4n) is 3.76. The molecule has 19 heavy (non-hydrogen) atoms. The van der Waals surface area contributed by atoms with Crippen molar-refractivity contribution < 1.29 is 0 Å². The lowest BCUT2D eigenvalue weighted by molar-refractivity contribution is 0.0820. The van der Waals surface area contributed by atoms with Gasteiger partial charge in [0.15, 0.2) is 0 Å². The van der Waals surface area contributed by atoms with E-state index in [2.05, 4.69) is 23.1 Å². The molecule has 1 aromatic carbocycles. The van der Waals surface area contributed by atoms with E-state index in [0.29, 0.717) is 0 Å². The Morgan fingerprint density at radius 3 is 2.53 bits per heavy atom. The minimum absolute atomic E-state index is 0.759. The molecule has 0 N–H and O–H groups in total. The molecule has 1 aromatic rings. The highest BCUT2D eigenvalue weighted by atomic mass is 15.1. The summed E-state index contributed by atoms with van der Waals surface area (Å²) in [5, 5.41) is 8.82. The smallest absolute Gasteiger partial charge is 0.0991 e. The molecule has 2 heteroatoms. The number of fused-ring (bicyclic) bond motifs is 1. The van der Waals surface area contributed by atoms with Crippen LogP contribution in [-0.2, 0) is 6.54 Å². The topological polar surface area (TPSA) is 27.0 Å². The van der Waals surface area contributed by atoms with Crippen LogP contribution in [0.25, 0.3) is 0 Å². The van der Waals surface area contributed by atoms with Crippen LogP contribution < -0.4 is 0 Å². The van der Waals surface area contributed by atoms with Crippen LogP contribution in [0.5, 0.6) is 0 Å². The molecule has 1 aliphatic carbocycles. The lowest BCUT2D eigenvalue weighted by Gasteiger charge is -2.41. The molecule has 2 aliphatic rings. The van der Waals surface area contributed by atoms with Crippen LogP contribution in [-0.4, -0.2) is 18.0 Å². The Morgan fingerprint density at radius 2 is 1.79 bits per heavy atom. The third-order valence-electron chi connectivity index (χ3n) is 4.86. The van der Waals surface area contributed by atoms with E-state index in [-0.39, 0.29) is 0 Å². The van der Waals surface area contributed by atoms with Crippen LogP contribution in [0.3, 0.4) is 0 Å². The monoisotopic (exact) mass is 254 g/mol. The van der Waals surface area contributed by atoms with Crippen LogP contribution in [0.1, 0.15) is 43.2 Å². The molecule has 1 heterocycles. The molecule has 0 bridgehead atoms. The number of nitrogens with zero attached hydrogens (tertiary/aromatic N) is 2. The minimum atomic E-state index is 0.759. The summed E-state index contributed by atoms with van der Waals surface area (Å²) in [5.74, 6) is 1.95. The average molecular weight is 254 g/mol. The highest BCUT2D eigenvalue weighted by molar-refractivity contribution is 5.31. The predicted molar refractivity (Wildman–Crippen MR) is 76.5 cm³/mol. The van der Waals surface area contributed by atoms with Gasteiger partial charge in [0.25, 0.3) is 0 Å². The van der Waals surface area contributed by atoms with Gasteiger partial charge in [0.2, 0.25) is 0 Å². The van der Waals surface area contributed by atoms with Crippen molar-refractivity contribution in [1.82, 2.24) is 4.90 Å². The van der Waals surface area contributed by atoms with Gasteiger partial charge in [-0.05, 0) is 48.9 Å². The molecule has 0 aromatic heterocycles. The molecular formula is C17H22N2. The van der Waals surface area contributed by atoms with Gasteiger partial charge >= 0.3 is 0 Å². The average Bonchev–Trinajstić information content (AvgIpc) is 2.48. The fraction of sp³-hybridized carbons (Fsp3) is 0.588. The van der Waals surface area contributed by atoms with Gasteiger partial charge in [-0.15, -0.1) is 0 Å². The number of rotatable bonds is 2. The number of piperidine rings is 1. The molecule has 0 radical (unpaired) electrons. The quantitative estimate of drug-likeness (QED) is 0.806. The van der Waals surface area contributed by atoms with Gasteiger partial charge in [-0.3, -0.25) is 4.90 Å². The zero-order chi connectivity index (χ0) is 13.1. The van der Waals surface area contributed by atoms with Crippen LogP contribution in [0.4, 0.5) is 0 Å². The summed E-state index contributed by atoms with van der Waals surface area (Å²) in [6, 6.07) is 10.3. The van der Waals surface area contributed by atoms with Crippen molar-refractivity contribution in [3.63, 3.8) is 0 Å². The van der Waals surface area contributed by atoms with Crippen molar-refractivity contribution in [1.29, 1.82) is 5.26 Å². The molecule has 2 unspecified atom stereocenters. The minimum Gasteiger partial charge on any atom is -0.299 e. The summed E-state index contributed by atoms with van der Waals surface area (Å²) in [7, 11) is 0. The molecule has 1 saturated carbocycles. The normalized spacial score (nSPS) is 27.5. The number of hydrogen-bond donors (Lipinski definition) is 0. The number of hydrogen-bond acceptors (Lipinski definition) is 2. The van der Waals surface area contributed by atoms with Crippen molar-refractivity contribution >= 4 is 0 Å². The van der Waals surface area contributed by atoms with E-state index in [1.807, 2.05) is 12.1 Å². The highest BCUT2D eigenvalue weighted by Crippen LogP contribution is 2.36. The molecule has 100 valence electrons. The first kappa shape index (κ1) is 12.7. The summed E-state index contributed by atoms with van der Waals surface area (Å²) in [6.07, 6.45) is 7.19. The van der Waals surface area contributed by atoms with Crippen molar-refractivity contribution in [2.75, 3.05) is 13.1 Å². The summed E-state index contributed by atoms with van der Waals surface area (Å²) >= 11 is 0. The molecule has 2 atom stereocenters. The molecule has 2 fully saturated rings. The summed E-state index contributed by atoms with van der Waals surface area (Å²) in [5.41, 5.74) is 2.10. The predicted octanol–water partition coefficient (Wildman–Crippen LogP) is 3.57. The lowest BCUT2D eigenvalue weighted by atomic mass is 9.75. The van der Waals surface area contributed by atoms with Crippen molar-refractivity contribution in [2.45, 2.75) is 38.6 Å². The zero-order valence-corrected chi connectivity index (χ0v) is 11.5. The van der Waals surface area contributed by atoms with E-state index in [4.69, 9.17) is 5.26 Å². The molecule has 1 aliphatic heterocycles. The molecule has 0 spiro atoms. The standard InChI is InChI=1S/C17H22N2/c18-11-14-5-7-15(8-6-14)12-19-10-9-16-3-1-2-4-17(16)13-19/h5-8,16-17H,1-4,9-10,12-13H2. The zero-order valence-electron chi connectivity index (χ0n) is 11.5. The van der Waals surface area contributed by atoms with Gasteiger partial charge in [-0.1, -0.05) is 31.4 Å². The Balaban J connectivity index is 1.59. The third-order valence-corrected chi connectivity index (χ3v) is 4.86. The first-order chi connectivity index (χ1) is 9.35. The second kappa shape index (κ2) is 5.75. The number of likely N-dealkylation sites (tertiary alicyclic amines) is 1. The summed E-state index contributed by atoms with van der Waals surface area (Å²) < 4.78 is 0.